The van der Waals surface area contributed by atoms with E-state index in [1.54, 1.807) is 0 Å². The Morgan fingerprint density at radius 1 is 1.05 bits per heavy atom. The van der Waals surface area contributed by atoms with Crippen molar-refractivity contribution >= 4 is 17.3 Å². The van der Waals surface area contributed by atoms with Gasteiger partial charge in [0.2, 0.25) is 0 Å². The van der Waals surface area contributed by atoms with Gasteiger partial charge in [-0.2, -0.15) is 0 Å². The summed E-state index contributed by atoms with van der Waals surface area (Å²) in [5.74, 6) is 0. The fraction of sp³-hybridized carbons (Fsp3) is 0.647. The maximum atomic E-state index is 6.28. The molecule has 0 atom stereocenters. The predicted octanol–water partition coefficient (Wildman–Crippen LogP) is 4.47. The second-order valence-corrected chi connectivity index (χ2v) is 7.09. The minimum atomic E-state index is 0.680. The average Bonchev–Trinajstić information content (AvgIpc) is 2.45. The summed E-state index contributed by atoms with van der Waals surface area (Å²) < 4.78 is 0. The van der Waals surface area contributed by atoms with E-state index in [2.05, 4.69) is 11.0 Å². The Kier molecular flexibility index (Phi) is 4.23. The predicted molar refractivity (Wildman–Crippen MR) is 85.9 cm³/mol. The maximum absolute atomic E-state index is 6.28. The Balaban J connectivity index is 1.58. The molecule has 110 valence electrons. The average molecular weight is 293 g/mol. The molecule has 0 amide bonds. The third kappa shape index (κ3) is 3.12. The van der Waals surface area contributed by atoms with E-state index in [0.29, 0.717) is 5.41 Å². The monoisotopic (exact) mass is 292 g/mol. The number of likely N-dealkylation sites (tertiary alicyclic amines) is 1. The van der Waals surface area contributed by atoms with Gasteiger partial charge in [-0.1, -0.05) is 36.9 Å². The van der Waals surface area contributed by atoms with Crippen LogP contribution in [-0.2, 0) is 6.54 Å². The molecular formula is C17H25ClN2. The number of nitrogens with two attached hydrogens (primary N) is 1. The normalized spacial score (nSPS) is 23.1. The summed E-state index contributed by atoms with van der Waals surface area (Å²) >= 11 is 6.28. The molecule has 1 spiro atoms. The summed E-state index contributed by atoms with van der Waals surface area (Å²) in [4.78, 5) is 2.55. The van der Waals surface area contributed by atoms with Gasteiger partial charge in [-0.25, -0.2) is 0 Å². The summed E-state index contributed by atoms with van der Waals surface area (Å²) in [6.07, 6.45) is 10.0. The number of benzene rings is 1. The van der Waals surface area contributed by atoms with E-state index >= 15 is 0 Å². The second-order valence-electron chi connectivity index (χ2n) is 6.69. The zero-order chi connectivity index (χ0) is 14.0. The number of anilines is 1. The van der Waals surface area contributed by atoms with E-state index in [0.717, 1.165) is 17.3 Å². The van der Waals surface area contributed by atoms with E-state index in [-0.39, 0.29) is 0 Å². The van der Waals surface area contributed by atoms with Gasteiger partial charge < -0.3 is 5.73 Å². The molecule has 3 rings (SSSR count). The number of nitrogens with zero attached hydrogens (tertiary/aromatic N) is 1. The van der Waals surface area contributed by atoms with Gasteiger partial charge in [0.25, 0.3) is 0 Å². The van der Waals surface area contributed by atoms with E-state index in [9.17, 15) is 0 Å². The van der Waals surface area contributed by atoms with Crippen LogP contribution in [0.1, 0.15) is 50.5 Å². The van der Waals surface area contributed by atoms with Crippen LogP contribution in [0.15, 0.2) is 18.2 Å². The van der Waals surface area contributed by atoms with Crippen LogP contribution in [0.4, 0.5) is 5.69 Å². The van der Waals surface area contributed by atoms with Crippen LogP contribution in [0.5, 0.6) is 0 Å². The van der Waals surface area contributed by atoms with Gasteiger partial charge in [-0.15, -0.1) is 0 Å². The number of nitrogen functional groups attached to an aromatic ring is 1. The van der Waals surface area contributed by atoms with Crippen molar-refractivity contribution < 1.29 is 0 Å². The highest BCUT2D eigenvalue weighted by Gasteiger charge is 2.35. The lowest BCUT2D eigenvalue weighted by molar-refractivity contribution is 0.0641. The fourth-order valence-electron chi connectivity index (χ4n) is 3.92. The van der Waals surface area contributed by atoms with Gasteiger partial charge in [0, 0.05) is 17.3 Å². The molecule has 20 heavy (non-hydrogen) atoms. The van der Waals surface area contributed by atoms with Gasteiger partial charge in [-0.3, -0.25) is 4.90 Å². The molecule has 0 radical (unpaired) electrons. The zero-order valence-electron chi connectivity index (χ0n) is 12.2. The van der Waals surface area contributed by atoms with Crippen LogP contribution in [-0.4, -0.2) is 18.0 Å². The molecule has 1 heterocycles. The molecule has 1 aromatic carbocycles. The molecule has 2 aliphatic rings. The summed E-state index contributed by atoms with van der Waals surface area (Å²) in [7, 11) is 0. The first-order valence-electron chi connectivity index (χ1n) is 7.93. The zero-order valence-corrected chi connectivity index (χ0v) is 13.0. The largest absolute Gasteiger partial charge is 0.399 e. The quantitative estimate of drug-likeness (QED) is 0.815. The molecule has 1 saturated carbocycles. The SMILES string of the molecule is Nc1ccc(CN2CCC3(CCCCC3)CC2)c(Cl)c1. The standard InChI is InChI=1S/C17H25ClN2/c18-16-12-15(19)5-4-14(16)13-20-10-8-17(9-11-20)6-2-1-3-7-17/h4-5,12H,1-3,6-11,13,19H2. The lowest BCUT2D eigenvalue weighted by Gasteiger charge is -2.44. The topological polar surface area (TPSA) is 29.3 Å². The van der Waals surface area contributed by atoms with E-state index in [1.165, 1.54) is 63.6 Å². The number of rotatable bonds is 2. The van der Waals surface area contributed by atoms with E-state index in [1.807, 2.05) is 12.1 Å². The van der Waals surface area contributed by atoms with Gasteiger partial charge in [-0.05, 0) is 61.9 Å². The molecule has 1 aromatic rings. The first-order chi connectivity index (χ1) is 9.67. The molecule has 0 unspecified atom stereocenters. The lowest BCUT2D eigenvalue weighted by atomic mass is 9.68. The van der Waals surface area contributed by atoms with Crippen molar-refractivity contribution in [3.05, 3.63) is 28.8 Å². The second kappa shape index (κ2) is 5.95. The molecule has 0 aromatic heterocycles. The number of halogens is 1. The molecular weight excluding hydrogens is 268 g/mol. The molecule has 1 saturated heterocycles. The minimum absolute atomic E-state index is 0.680. The van der Waals surface area contributed by atoms with Crippen LogP contribution in [0, 0.1) is 5.41 Å². The summed E-state index contributed by atoms with van der Waals surface area (Å²) in [5, 5.41) is 0.808. The molecule has 1 aliphatic carbocycles. The summed E-state index contributed by atoms with van der Waals surface area (Å²) in [5.41, 5.74) is 8.39. The van der Waals surface area contributed by atoms with Crippen LogP contribution >= 0.6 is 11.6 Å². The number of piperidine rings is 1. The van der Waals surface area contributed by atoms with Gasteiger partial charge in [0.15, 0.2) is 0 Å². The van der Waals surface area contributed by atoms with Crippen LogP contribution in [0.3, 0.4) is 0 Å². The van der Waals surface area contributed by atoms with Crippen molar-refractivity contribution in [3.63, 3.8) is 0 Å². The molecule has 0 bridgehead atoms. The first-order valence-corrected chi connectivity index (χ1v) is 8.31. The van der Waals surface area contributed by atoms with Gasteiger partial charge >= 0.3 is 0 Å². The maximum Gasteiger partial charge on any atom is 0.0471 e. The molecule has 2 fully saturated rings. The van der Waals surface area contributed by atoms with Crippen molar-refractivity contribution in [3.8, 4) is 0 Å². The van der Waals surface area contributed by atoms with Gasteiger partial charge in [0.05, 0.1) is 0 Å². The minimum Gasteiger partial charge on any atom is -0.399 e. The van der Waals surface area contributed by atoms with Crippen molar-refractivity contribution in [2.24, 2.45) is 5.41 Å². The van der Waals surface area contributed by atoms with E-state index in [4.69, 9.17) is 17.3 Å². The fourth-order valence-corrected chi connectivity index (χ4v) is 4.17. The third-order valence-electron chi connectivity index (χ3n) is 5.30. The first kappa shape index (κ1) is 14.2. The molecule has 2 nitrogen and oxygen atoms in total. The van der Waals surface area contributed by atoms with Crippen molar-refractivity contribution in [2.75, 3.05) is 18.8 Å². The van der Waals surface area contributed by atoms with Gasteiger partial charge in [0.1, 0.15) is 0 Å². The number of hydrogen-bond acceptors (Lipinski definition) is 2. The highest BCUT2D eigenvalue weighted by atomic mass is 35.5. The Hall–Kier alpha value is -0.730. The Bertz CT molecular complexity index is 456. The van der Waals surface area contributed by atoms with Crippen LogP contribution < -0.4 is 5.73 Å². The molecule has 1 aliphatic heterocycles. The smallest absolute Gasteiger partial charge is 0.0471 e. The highest BCUT2D eigenvalue weighted by Crippen LogP contribution is 2.44. The Morgan fingerprint density at radius 2 is 1.75 bits per heavy atom. The van der Waals surface area contributed by atoms with E-state index < -0.39 is 0 Å². The summed E-state index contributed by atoms with van der Waals surface area (Å²) in [6, 6.07) is 5.89. The third-order valence-corrected chi connectivity index (χ3v) is 5.65. The van der Waals surface area contributed by atoms with Crippen molar-refractivity contribution in [1.29, 1.82) is 0 Å². The summed E-state index contributed by atoms with van der Waals surface area (Å²) in [6.45, 7) is 3.41. The van der Waals surface area contributed by atoms with Crippen molar-refractivity contribution in [2.45, 2.75) is 51.5 Å². The molecule has 2 N–H and O–H groups in total. The lowest BCUT2D eigenvalue weighted by Crippen LogP contribution is -2.40. The van der Waals surface area contributed by atoms with Crippen LogP contribution in [0.25, 0.3) is 0 Å². The number of hydrogen-bond donors (Lipinski definition) is 1. The van der Waals surface area contributed by atoms with Crippen LogP contribution in [0.2, 0.25) is 5.02 Å². The Morgan fingerprint density at radius 3 is 2.40 bits per heavy atom. The molecule has 3 heteroatoms. The Labute approximate surface area is 127 Å². The highest BCUT2D eigenvalue weighted by molar-refractivity contribution is 6.31. The van der Waals surface area contributed by atoms with Crippen molar-refractivity contribution in [1.82, 2.24) is 4.90 Å².